The standard InChI is InChI=1S/C13H17N3O2S/c1-10-14-12-9-11(5-6-13(12)15(10)2)19(17,18)16-7-3-4-8-16/h5-6,9H,3-4,7-8H2,1-2H3. The molecule has 0 atom stereocenters. The highest BCUT2D eigenvalue weighted by Gasteiger charge is 2.27. The van der Waals surface area contributed by atoms with E-state index in [1.54, 1.807) is 16.4 Å². The fraction of sp³-hybridized carbons (Fsp3) is 0.462. The largest absolute Gasteiger partial charge is 0.331 e. The Morgan fingerprint density at radius 1 is 1.21 bits per heavy atom. The van der Waals surface area contributed by atoms with Gasteiger partial charge in [0.15, 0.2) is 0 Å². The fourth-order valence-corrected chi connectivity index (χ4v) is 4.08. The second-order valence-corrected chi connectivity index (χ2v) is 6.92. The molecular weight excluding hydrogens is 262 g/mol. The Kier molecular flexibility index (Phi) is 2.87. The van der Waals surface area contributed by atoms with E-state index in [0.717, 1.165) is 29.7 Å². The lowest BCUT2D eigenvalue weighted by Gasteiger charge is -2.15. The molecule has 2 aromatic rings. The van der Waals surface area contributed by atoms with E-state index in [1.807, 2.05) is 24.6 Å². The Labute approximate surface area is 112 Å². The van der Waals surface area contributed by atoms with Crippen LogP contribution in [-0.2, 0) is 17.1 Å². The van der Waals surface area contributed by atoms with E-state index in [-0.39, 0.29) is 0 Å². The molecule has 2 heterocycles. The van der Waals surface area contributed by atoms with Crippen molar-refractivity contribution in [2.75, 3.05) is 13.1 Å². The Balaban J connectivity index is 2.10. The van der Waals surface area contributed by atoms with Crippen molar-refractivity contribution in [3.8, 4) is 0 Å². The van der Waals surface area contributed by atoms with Crippen LogP contribution in [0.1, 0.15) is 18.7 Å². The summed E-state index contributed by atoms with van der Waals surface area (Å²) in [4.78, 5) is 4.74. The van der Waals surface area contributed by atoms with E-state index in [2.05, 4.69) is 4.98 Å². The molecule has 0 saturated carbocycles. The zero-order valence-corrected chi connectivity index (χ0v) is 11.9. The number of benzene rings is 1. The van der Waals surface area contributed by atoms with Crippen LogP contribution in [0.5, 0.6) is 0 Å². The monoisotopic (exact) mass is 279 g/mol. The van der Waals surface area contributed by atoms with Crippen LogP contribution in [0, 0.1) is 6.92 Å². The molecule has 0 N–H and O–H groups in total. The van der Waals surface area contributed by atoms with Crippen LogP contribution in [0.15, 0.2) is 23.1 Å². The number of sulfonamides is 1. The van der Waals surface area contributed by atoms with Crippen LogP contribution in [0.25, 0.3) is 11.0 Å². The average molecular weight is 279 g/mol. The first-order valence-electron chi connectivity index (χ1n) is 6.43. The van der Waals surface area contributed by atoms with E-state index >= 15 is 0 Å². The summed E-state index contributed by atoms with van der Waals surface area (Å²) in [5.41, 5.74) is 1.69. The molecule has 1 saturated heterocycles. The minimum Gasteiger partial charge on any atom is -0.331 e. The van der Waals surface area contributed by atoms with Gasteiger partial charge in [0.25, 0.3) is 0 Å². The first-order valence-corrected chi connectivity index (χ1v) is 7.87. The van der Waals surface area contributed by atoms with Crippen LogP contribution in [0.4, 0.5) is 0 Å². The molecule has 1 aromatic heterocycles. The number of hydrogen-bond acceptors (Lipinski definition) is 3. The summed E-state index contributed by atoms with van der Waals surface area (Å²) in [7, 11) is -1.42. The summed E-state index contributed by atoms with van der Waals surface area (Å²) in [6.07, 6.45) is 1.90. The van der Waals surface area contributed by atoms with Crippen molar-refractivity contribution in [3.63, 3.8) is 0 Å². The van der Waals surface area contributed by atoms with Crippen molar-refractivity contribution in [2.24, 2.45) is 7.05 Å². The number of hydrogen-bond donors (Lipinski definition) is 0. The van der Waals surface area contributed by atoms with Gasteiger partial charge in [0.2, 0.25) is 10.0 Å². The number of aryl methyl sites for hydroxylation is 2. The average Bonchev–Trinajstić information content (AvgIpc) is 2.99. The Morgan fingerprint density at radius 2 is 1.89 bits per heavy atom. The van der Waals surface area contributed by atoms with Crippen molar-refractivity contribution < 1.29 is 8.42 Å². The van der Waals surface area contributed by atoms with Gasteiger partial charge in [-0.15, -0.1) is 0 Å². The third-order valence-corrected chi connectivity index (χ3v) is 5.67. The summed E-state index contributed by atoms with van der Waals surface area (Å²) >= 11 is 0. The van der Waals surface area contributed by atoms with Crippen LogP contribution in [0.3, 0.4) is 0 Å². The lowest BCUT2D eigenvalue weighted by Crippen LogP contribution is -2.27. The molecule has 6 heteroatoms. The molecule has 0 spiro atoms. The first-order chi connectivity index (χ1) is 9.00. The van der Waals surface area contributed by atoms with Crippen molar-refractivity contribution >= 4 is 21.1 Å². The van der Waals surface area contributed by atoms with Crippen LogP contribution >= 0.6 is 0 Å². The van der Waals surface area contributed by atoms with Gasteiger partial charge in [0, 0.05) is 20.1 Å². The summed E-state index contributed by atoms with van der Waals surface area (Å²) in [6.45, 7) is 3.16. The minimum atomic E-state index is -3.35. The Bertz CT molecular complexity index is 728. The number of rotatable bonds is 2. The Morgan fingerprint density at radius 3 is 2.58 bits per heavy atom. The second kappa shape index (κ2) is 4.31. The van der Waals surface area contributed by atoms with E-state index in [0.29, 0.717) is 18.0 Å². The highest BCUT2D eigenvalue weighted by Crippen LogP contribution is 2.24. The van der Waals surface area contributed by atoms with Crippen LogP contribution < -0.4 is 0 Å². The molecule has 0 unspecified atom stereocenters. The highest BCUT2D eigenvalue weighted by molar-refractivity contribution is 7.89. The molecule has 1 aromatic carbocycles. The van der Waals surface area contributed by atoms with E-state index < -0.39 is 10.0 Å². The quantitative estimate of drug-likeness (QED) is 0.840. The van der Waals surface area contributed by atoms with Gasteiger partial charge in [-0.05, 0) is 38.0 Å². The van der Waals surface area contributed by atoms with Gasteiger partial charge in [-0.1, -0.05) is 0 Å². The molecule has 1 aliphatic rings. The van der Waals surface area contributed by atoms with E-state index in [1.165, 1.54) is 0 Å². The minimum absolute atomic E-state index is 0.347. The molecule has 5 nitrogen and oxygen atoms in total. The summed E-state index contributed by atoms with van der Waals surface area (Å²) < 4.78 is 28.4. The van der Waals surface area contributed by atoms with Gasteiger partial charge in [-0.3, -0.25) is 0 Å². The predicted octanol–water partition coefficient (Wildman–Crippen LogP) is 1.67. The Hall–Kier alpha value is -1.40. The molecule has 3 rings (SSSR count). The number of imidazole rings is 1. The lowest BCUT2D eigenvalue weighted by molar-refractivity contribution is 0.477. The molecule has 19 heavy (non-hydrogen) atoms. The molecular formula is C13H17N3O2S. The van der Waals surface area contributed by atoms with Crippen molar-refractivity contribution in [1.29, 1.82) is 0 Å². The summed E-state index contributed by atoms with van der Waals surface area (Å²) in [6, 6.07) is 5.19. The SMILES string of the molecule is Cc1nc2cc(S(=O)(=O)N3CCCC3)ccc2n1C. The lowest BCUT2D eigenvalue weighted by atomic mass is 10.3. The van der Waals surface area contributed by atoms with Gasteiger partial charge >= 0.3 is 0 Å². The van der Waals surface area contributed by atoms with Crippen molar-refractivity contribution in [3.05, 3.63) is 24.0 Å². The highest BCUT2D eigenvalue weighted by atomic mass is 32.2. The normalized spacial score (nSPS) is 17.4. The molecule has 0 aliphatic carbocycles. The molecule has 1 fully saturated rings. The van der Waals surface area contributed by atoms with Gasteiger partial charge in [0.1, 0.15) is 5.82 Å². The third-order valence-electron chi connectivity index (χ3n) is 3.78. The van der Waals surface area contributed by atoms with E-state index in [4.69, 9.17) is 0 Å². The van der Waals surface area contributed by atoms with E-state index in [9.17, 15) is 8.42 Å². The number of aromatic nitrogens is 2. The zero-order valence-electron chi connectivity index (χ0n) is 11.1. The second-order valence-electron chi connectivity index (χ2n) is 4.98. The number of fused-ring (bicyclic) bond motifs is 1. The zero-order chi connectivity index (χ0) is 13.6. The van der Waals surface area contributed by atoms with Gasteiger partial charge < -0.3 is 4.57 Å². The van der Waals surface area contributed by atoms with Gasteiger partial charge in [0.05, 0.1) is 15.9 Å². The fourth-order valence-electron chi connectivity index (χ4n) is 2.54. The first kappa shape index (κ1) is 12.6. The van der Waals surface area contributed by atoms with Gasteiger partial charge in [-0.25, -0.2) is 13.4 Å². The summed E-state index contributed by atoms with van der Waals surface area (Å²) in [5, 5.41) is 0. The smallest absolute Gasteiger partial charge is 0.243 e. The third kappa shape index (κ3) is 1.95. The summed E-state index contributed by atoms with van der Waals surface area (Å²) in [5.74, 6) is 0.880. The van der Waals surface area contributed by atoms with Gasteiger partial charge in [-0.2, -0.15) is 4.31 Å². The van der Waals surface area contributed by atoms with Crippen molar-refractivity contribution in [1.82, 2.24) is 13.9 Å². The van der Waals surface area contributed by atoms with Crippen LogP contribution in [-0.4, -0.2) is 35.4 Å². The van der Waals surface area contributed by atoms with Crippen LogP contribution in [0.2, 0.25) is 0 Å². The molecule has 0 amide bonds. The topological polar surface area (TPSA) is 55.2 Å². The molecule has 0 radical (unpaired) electrons. The number of nitrogens with zero attached hydrogens (tertiary/aromatic N) is 3. The maximum absolute atomic E-state index is 12.5. The molecule has 1 aliphatic heterocycles. The predicted molar refractivity (Wildman–Crippen MR) is 73.4 cm³/mol. The molecule has 0 bridgehead atoms. The maximum Gasteiger partial charge on any atom is 0.243 e. The molecule has 102 valence electrons. The maximum atomic E-state index is 12.5. The van der Waals surface area contributed by atoms with Crippen molar-refractivity contribution in [2.45, 2.75) is 24.7 Å².